The number of carbonyl (C=O) groups excluding carboxylic acids is 3. The van der Waals surface area contributed by atoms with Crippen molar-refractivity contribution in [3.63, 3.8) is 0 Å². The standard InChI is InChI=1S/C15H19N5O5/c1-9(2)25-15(24)11(5-4-10(21)8-19-16)20-14(23)12(22)13-17-6-3-7-18-13/h3,6-9,11-12,22H,4-5H2,1-2H3,(H,20,23)/t11-,12-/m0/s1. The summed E-state index contributed by atoms with van der Waals surface area (Å²) >= 11 is 0. The molecule has 0 unspecified atom stereocenters. The van der Waals surface area contributed by atoms with Crippen molar-refractivity contribution >= 4 is 23.9 Å². The number of aromatic nitrogens is 2. The zero-order chi connectivity index (χ0) is 18.8. The molecule has 1 aromatic rings. The van der Waals surface area contributed by atoms with Gasteiger partial charge >= 0.3 is 12.2 Å². The van der Waals surface area contributed by atoms with Crippen LogP contribution in [-0.4, -0.2) is 55.9 Å². The Kier molecular flexibility index (Phi) is 8.04. The molecule has 10 nitrogen and oxygen atoms in total. The lowest BCUT2D eigenvalue weighted by Crippen LogP contribution is -2.45. The van der Waals surface area contributed by atoms with Gasteiger partial charge in [0, 0.05) is 18.8 Å². The number of aliphatic hydroxyl groups excluding tert-OH is 1. The van der Waals surface area contributed by atoms with Gasteiger partial charge in [-0.05, 0) is 26.3 Å². The van der Waals surface area contributed by atoms with Gasteiger partial charge in [0.2, 0.25) is 5.78 Å². The highest BCUT2D eigenvalue weighted by Crippen LogP contribution is 2.09. The highest BCUT2D eigenvalue weighted by Gasteiger charge is 2.28. The van der Waals surface area contributed by atoms with Crippen LogP contribution < -0.4 is 5.32 Å². The Balaban J connectivity index is 2.80. The number of rotatable bonds is 9. The van der Waals surface area contributed by atoms with Gasteiger partial charge < -0.3 is 20.7 Å². The number of nitrogens with one attached hydrogen (secondary N) is 1. The van der Waals surface area contributed by atoms with Gasteiger partial charge in [-0.3, -0.25) is 9.59 Å². The van der Waals surface area contributed by atoms with E-state index in [1.807, 2.05) is 0 Å². The third-order valence-electron chi connectivity index (χ3n) is 2.91. The van der Waals surface area contributed by atoms with Crippen molar-refractivity contribution in [2.24, 2.45) is 0 Å². The number of hydrogen-bond acceptors (Lipinski definition) is 7. The van der Waals surface area contributed by atoms with Gasteiger partial charge in [0.05, 0.1) is 6.10 Å². The second-order valence-corrected chi connectivity index (χ2v) is 5.31. The smallest absolute Gasteiger partial charge is 0.328 e. The van der Waals surface area contributed by atoms with Crippen molar-refractivity contribution in [1.29, 1.82) is 0 Å². The normalized spacial score (nSPS) is 12.6. The number of ketones is 1. The second-order valence-electron chi connectivity index (χ2n) is 5.31. The Labute approximate surface area is 143 Å². The number of aliphatic hydroxyl groups is 1. The van der Waals surface area contributed by atoms with Crippen LogP contribution in [0.4, 0.5) is 0 Å². The first kappa shape index (κ1) is 20.1. The minimum atomic E-state index is -1.68. The lowest BCUT2D eigenvalue weighted by molar-refractivity contribution is -0.152. The monoisotopic (exact) mass is 349 g/mol. The molecule has 1 amide bonds. The van der Waals surface area contributed by atoms with Gasteiger partial charge in [0.1, 0.15) is 6.04 Å². The van der Waals surface area contributed by atoms with E-state index in [9.17, 15) is 19.5 Å². The molecule has 25 heavy (non-hydrogen) atoms. The minimum Gasteiger partial charge on any atom is -0.461 e. The van der Waals surface area contributed by atoms with E-state index in [1.165, 1.54) is 18.5 Å². The molecule has 0 bridgehead atoms. The van der Waals surface area contributed by atoms with Crippen molar-refractivity contribution in [1.82, 2.24) is 15.3 Å². The second kappa shape index (κ2) is 10.0. The zero-order valence-electron chi connectivity index (χ0n) is 13.8. The van der Waals surface area contributed by atoms with Crippen LogP contribution in [0.1, 0.15) is 38.6 Å². The summed E-state index contributed by atoms with van der Waals surface area (Å²) in [6.07, 6.45) is 1.05. The van der Waals surface area contributed by atoms with Gasteiger partial charge in [0.25, 0.3) is 5.91 Å². The molecule has 10 heteroatoms. The van der Waals surface area contributed by atoms with Crippen LogP contribution in [0.3, 0.4) is 0 Å². The maximum absolute atomic E-state index is 12.1. The summed E-state index contributed by atoms with van der Waals surface area (Å²) in [5.74, 6) is -2.32. The largest absolute Gasteiger partial charge is 0.461 e. The molecule has 1 aromatic heterocycles. The minimum absolute atomic E-state index is 0.0927. The Morgan fingerprint density at radius 3 is 2.56 bits per heavy atom. The van der Waals surface area contributed by atoms with E-state index in [0.717, 1.165) is 0 Å². The van der Waals surface area contributed by atoms with Gasteiger partial charge in [0.15, 0.2) is 11.9 Å². The van der Waals surface area contributed by atoms with E-state index in [2.05, 4.69) is 20.1 Å². The number of amides is 1. The number of carbonyl (C=O) groups is 3. The Bertz CT molecular complexity index is 658. The lowest BCUT2D eigenvalue weighted by Gasteiger charge is -2.19. The van der Waals surface area contributed by atoms with Crippen LogP contribution in [-0.2, 0) is 19.1 Å². The summed E-state index contributed by atoms with van der Waals surface area (Å²) in [4.78, 5) is 45.7. The molecular formula is C15H19N5O5. The molecule has 0 aliphatic carbocycles. The fourth-order valence-electron chi connectivity index (χ4n) is 1.80. The van der Waals surface area contributed by atoms with Crippen LogP contribution in [0, 0.1) is 0 Å². The molecule has 2 atom stereocenters. The summed E-state index contributed by atoms with van der Waals surface area (Å²) < 4.78 is 5.03. The average molecular weight is 349 g/mol. The lowest BCUT2D eigenvalue weighted by atomic mass is 10.1. The summed E-state index contributed by atoms with van der Waals surface area (Å²) in [7, 11) is 0. The van der Waals surface area contributed by atoms with Crippen LogP contribution in [0.15, 0.2) is 18.5 Å². The third-order valence-corrected chi connectivity index (χ3v) is 2.91. The molecule has 1 rings (SSSR count). The van der Waals surface area contributed by atoms with Crippen LogP contribution in [0.5, 0.6) is 0 Å². The molecule has 0 saturated carbocycles. The first-order chi connectivity index (χ1) is 11.8. The van der Waals surface area contributed by atoms with Crippen LogP contribution in [0.2, 0.25) is 0 Å². The van der Waals surface area contributed by atoms with Crippen molar-refractivity contribution in [3.05, 3.63) is 29.8 Å². The fraction of sp³-hybridized carbons (Fsp3) is 0.467. The molecular weight excluding hydrogens is 330 g/mol. The first-order valence-corrected chi connectivity index (χ1v) is 7.51. The Morgan fingerprint density at radius 1 is 1.36 bits per heavy atom. The Hall–Kier alpha value is -2.97. The third kappa shape index (κ3) is 6.98. The summed E-state index contributed by atoms with van der Waals surface area (Å²) in [5.41, 5.74) is 8.31. The van der Waals surface area contributed by atoms with Gasteiger partial charge in [-0.15, -0.1) is 0 Å². The highest BCUT2D eigenvalue weighted by atomic mass is 16.5. The highest BCUT2D eigenvalue weighted by molar-refractivity contribution is 6.25. The predicted octanol–water partition coefficient (Wildman–Crippen LogP) is -0.404. The van der Waals surface area contributed by atoms with E-state index in [0.29, 0.717) is 6.21 Å². The predicted molar refractivity (Wildman–Crippen MR) is 84.1 cm³/mol. The van der Waals surface area contributed by atoms with Crippen molar-refractivity contribution < 1.29 is 29.0 Å². The molecule has 0 radical (unpaired) electrons. The number of nitrogens with zero attached hydrogens (tertiary/aromatic N) is 4. The van der Waals surface area contributed by atoms with Crippen molar-refractivity contribution in [3.8, 4) is 0 Å². The summed E-state index contributed by atoms with van der Waals surface area (Å²) in [5, 5.41) is 12.3. The first-order valence-electron chi connectivity index (χ1n) is 7.51. The van der Waals surface area contributed by atoms with Gasteiger partial charge in [-0.2, -0.15) is 4.79 Å². The fourth-order valence-corrected chi connectivity index (χ4v) is 1.80. The Morgan fingerprint density at radius 2 is 2.00 bits per heavy atom. The zero-order valence-corrected chi connectivity index (χ0v) is 13.8. The molecule has 1 heterocycles. The van der Waals surface area contributed by atoms with E-state index < -0.39 is 35.9 Å². The van der Waals surface area contributed by atoms with Gasteiger partial charge in [-0.25, -0.2) is 14.8 Å². The summed E-state index contributed by atoms with van der Waals surface area (Å²) in [6, 6.07) is 0.356. The molecule has 0 aliphatic heterocycles. The molecule has 0 fully saturated rings. The van der Waals surface area contributed by atoms with Crippen LogP contribution >= 0.6 is 0 Å². The quantitative estimate of drug-likeness (QED) is 0.266. The van der Waals surface area contributed by atoms with E-state index in [-0.39, 0.29) is 18.7 Å². The van der Waals surface area contributed by atoms with E-state index in [4.69, 9.17) is 10.3 Å². The number of ether oxygens (including phenoxy) is 1. The van der Waals surface area contributed by atoms with E-state index >= 15 is 0 Å². The summed E-state index contributed by atoms with van der Waals surface area (Å²) in [6.45, 7) is 3.26. The average Bonchev–Trinajstić information content (AvgIpc) is 2.58. The molecule has 134 valence electrons. The maximum Gasteiger partial charge on any atom is 0.328 e. The number of hydrogen-bond donors (Lipinski definition) is 2. The molecule has 2 N–H and O–H groups in total. The maximum atomic E-state index is 12.1. The van der Waals surface area contributed by atoms with E-state index in [1.54, 1.807) is 13.8 Å². The molecule has 0 saturated heterocycles. The topological polar surface area (TPSA) is 155 Å². The van der Waals surface area contributed by atoms with Gasteiger partial charge in [-0.1, -0.05) is 0 Å². The number of Topliss-reactive ketones (excluding diaryl/α,β-unsaturated/α-hetero) is 1. The molecule has 0 aromatic carbocycles. The van der Waals surface area contributed by atoms with Crippen LogP contribution in [0.25, 0.3) is 5.53 Å². The SMILES string of the molecule is CC(C)OC(=O)[C@H](CCC(=O)C=[N+]=[N-])NC(=O)[C@@H](O)c1ncccn1. The van der Waals surface area contributed by atoms with Crippen molar-refractivity contribution in [2.45, 2.75) is 44.9 Å². The van der Waals surface area contributed by atoms with Crippen molar-refractivity contribution in [2.75, 3.05) is 0 Å². The number of esters is 1. The molecule has 0 aliphatic rings. The molecule has 0 spiro atoms.